The van der Waals surface area contributed by atoms with Gasteiger partial charge in [-0.2, -0.15) is 0 Å². The molecule has 0 saturated carbocycles. The van der Waals surface area contributed by atoms with E-state index < -0.39 is 5.97 Å². The van der Waals surface area contributed by atoms with Crippen LogP contribution in [0.1, 0.15) is 32.9 Å². The topological polar surface area (TPSA) is 75.1 Å². The molecule has 0 unspecified atom stereocenters. The minimum atomic E-state index is -0.822. The molecule has 0 aliphatic rings. The summed E-state index contributed by atoms with van der Waals surface area (Å²) in [5.41, 5.74) is 0.895. The molecular formula is C11H17N3O2. The molecule has 5 nitrogen and oxygen atoms in total. The largest absolute Gasteiger partial charge is 0.481 e. The summed E-state index contributed by atoms with van der Waals surface area (Å²) in [5.74, 6) is -0.154. The van der Waals surface area contributed by atoms with Gasteiger partial charge in [0.05, 0.1) is 12.1 Å². The van der Waals surface area contributed by atoms with Gasteiger partial charge in [0.25, 0.3) is 0 Å². The summed E-state index contributed by atoms with van der Waals surface area (Å²) in [5, 5.41) is 11.5. The Morgan fingerprint density at radius 2 is 2.12 bits per heavy atom. The molecule has 0 amide bonds. The Hall–Kier alpha value is -1.65. The molecule has 0 saturated heterocycles. The number of hydrogen-bond acceptors (Lipinski definition) is 4. The zero-order valence-corrected chi connectivity index (χ0v) is 9.82. The number of nitrogens with one attached hydrogen (secondary N) is 1. The van der Waals surface area contributed by atoms with Crippen molar-refractivity contribution < 1.29 is 9.90 Å². The second-order valence-electron chi connectivity index (χ2n) is 4.61. The number of aliphatic carboxylic acids is 1. The lowest BCUT2D eigenvalue weighted by Gasteiger charge is -2.17. The minimum absolute atomic E-state index is 0.0355. The van der Waals surface area contributed by atoms with Crippen LogP contribution in [-0.2, 0) is 10.2 Å². The molecule has 0 aliphatic carbocycles. The number of carboxylic acid groups (broad SMARTS) is 1. The van der Waals surface area contributed by atoms with E-state index in [1.807, 2.05) is 6.07 Å². The van der Waals surface area contributed by atoms with Gasteiger partial charge in [0.1, 0.15) is 12.1 Å². The van der Waals surface area contributed by atoms with Crippen LogP contribution in [0.4, 0.5) is 5.82 Å². The highest BCUT2D eigenvalue weighted by atomic mass is 16.4. The fourth-order valence-corrected chi connectivity index (χ4v) is 1.16. The van der Waals surface area contributed by atoms with E-state index in [-0.39, 0.29) is 11.8 Å². The van der Waals surface area contributed by atoms with E-state index >= 15 is 0 Å². The van der Waals surface area contributed by atoms with Crippen LogP contribution in [0, 0.1) is 0 Å². The molecule has 0 aliphatic heterocycles. The van der Waals surface area contributed by atoms with Crippen molar-refractivity contribution in [2.24, 2.45) is 0 Å². The molecule has 88 valence electrons. The van der Waals surface area contributed by atoms with Gasteiger partial charge < -0.3 is 10.4 Å². The van der Waals surface area contributed by atoms with E-state index in [1.165, 1.54) is 6.33 Å². The van der Waals surface area contributed by atoms with Gasteiger partial charge in [0.15, 0.2) is 0 Å². The molecule has 1 aromatic heterocycles. The van der Waals surface area contributed by atoms with Crippen LogP contribution in [0.5, 0.6) is 0 Å². The third-order valence-electron chi connectivity index (χ3n) is 2.08. The summed E-state index contributed by atoms with van der Waals surface area (Å²) in [4.78, 5) is 18.6. The van der Waals surface area contributed by atoms with E-state index in [4.69, 9.17) is 5.11 Å². The summed E-state index contributed by atoms with van der Waals surface area (Å²) in [7, 11) is 0. The second kappa shape index (κ2) is 4.92. The lowest BCUT2D eigenvalue weighted by molar-refractivity contribution is -0.136. The SMILES string of the molecule is CC(C)(C)c1cc(NCCC(=O)O)ncn1. The van der Waals surface area contributed by atoms with E-state index in [0.717, 1.165) is 5.69 Å². The van der Waals surface area contributed by atoms with Crippen molar-refractivity contribution in [1.29, 1.82) is 0 Å². The van der Waals surface area contributed by atoms with Gasteiger partial charge in [-0.05, 0) is 0 Å². The number of hydrogen-bond donors (Lipinski definition) is 2. The van der Waals surface area contributed by atoms with Crippen LogP contribution in [0.3, 0.4) is 0 Å². The van der Waals surface area contributed by atoms with Gasteiger partial charge in [-0.25, -0.2) is 9.97 Å². The Morgan fingerprint density at radius 1 is 1.44 bits per heavy atom. The number of aromatic nitrogens is 2. The van der Waals surface area contributed by atoms with Crippen molar-refractivity contribution in [3.8, 4) is 0 Å². The van der Waals surface area contributed by atoms with Gasteiger partial charge in [-0.3, -0.25) is 4.79 Å². The first-order valence-corrected chi connectivity index (χ1v) is 5.18. The molecule has 16 heavy (non-hydrogen) atoms. The van der Waals surface area contributed by atoms with E-state index in [0.29, 0.717) is 12.4 Å². The lowest BCUT2D eigenvalue weighted by atomic mass is 9.92. The fraction of sp³-hybridized carbons (Fsp3) is 0.545. The quantitative estimate of drug-likeness (QED) is 0.812. The molecule has 5 heteroatoms. The van der Waals surface area contributed by atoms with Crippen LogP contribution in [-0.4, -0.2) is 27.6 Å². The molecular weight excluding hydrogens is 206 g/mol. The van der Waals surface area contributed by atoms with Crippen molar-refractivity contribution in [3.05, 3.63) is 18.1 Å². The maximum Gasteiger partial charge on any atom is 0.305 e. The summed E-state index contributed by atoms with van der Waals surface area (Å²) < 4.78 is 0. The highest BCUT2D eigenvalue weighted by molar-refractivity contribution is 5.67. The first-order valence-electron chi connectivity index (χ1n) is 5.18. The van der Waals surface area contributed by atoms with Crippen LogP contribution in [0.25, 0.3) is 0 Å². The Labute approximate surface area is 94.9 Å². The number of carbonyl (C=O) groups is 1. The monoisotopic (exact) mass is 223 g/mol. The van der Waals surface area contributed by atoms with E-state index in [1.54, 1.807) is 0 Å². The molecule has 0 atom stereocenters. The molecule has 0 bridgehead atoms. The fourth-order valence-electron chi connectivity index (χ4n) is 1.16. The molecule has 1 aromatic rings. The zero-order valence-electron chi connectivity index (χ0n) is 9.82. The maximum atomic E-state index is 10.3. The minimum Gasteiger partial charge on any atom is -0.481 e. The van der Waals surface area contributed by atoms with Crippen molar-refractivity contribution >= 4 is 11.8 Å². The molecule has 0 spiro atoms. The Kier molecular flexibility index (Phi) is 3.82. The third-order valence-corrected chi connectivity index (χ3v) is 2.08. The smallest absolute Gasteiger partial charge is 0.305 e. The second-order valence-corrected chi connectivity index (χ2v) is 4.61. The summed E-state index contributed by atoms with van der Waals surface area (Å²) in [6, 6.07) is 1.85. The molecule has 2 N–H and O–H groups in total. The summed E-state index contributed by atoms with van der Waals surface area (Å²) in [6.07, 6.45) is 1.57. The van der Waals surface area contributed by atoms with Crippen LogP contribution >= 0.6 is 0 Å². The highest BCUT2D eigenvalue weighted by Gasteiger charge is 2.15. The van der Waals surface area contributed by atoms with Crippen LogP contribution in [0.15, 0.2) is 12.4 Å². The number of nitrogens with zero attached hydrogens (tertiary/aromatic N) is 2. The van der Waals surface area contributed by atoms with Crippen molar-refractivity contribution in [2.45, 2.75) is 32.6 Å². The molecule has 1 heterocycles. The Bertz CT molecular complexity index is 372. The first-order chi connectivity index (χ1) is 7.39. The molecule has 0 aromatic carbocycles. The molecule has 1 rings (SSSR count). The maximum absolute atomic E-state index is 10.3. The van der Waals surface area contributed by atoms with Crippen molar-refractivity contribution in [1.82, 2.24) is 9.97 Å². The predicted octanol–water partition coefficient (Wildman–Crippen LogP) is 1.66. The van der Waals surface area contributed by atoms with E-state index in [2.05, 4.69) is 36.1 Å². The Morgan fingerprint density at radius 3 is 2.69 bits per heavy atom. The van der Waals surface area contributed by atoms with Crippen molar-refractivity contribution in [3.63, 3.8) is 0 Å². The number of rotatable bonds is 4. The predicted molar refractivity (Wildman–Crippen MR) is 61.5 cm³/mol. The molecule has 0 radical (unpaired) electrons. The van der Waals surface area contributed by atoms with Gasteiger partial charge in [0, 0.05) is 18.0 Å². The number of anilines is 1. The van der Waals surface area contributed by atoms with Crippen LogP contribution in [0.2, 0.25) is 0 Å². The van der Waals surface area contributed by atoms with Gasteiger partial charge >= 0.3 is 5.97 Å². The zero-order chi connectivity index (χ0) is 12.2. The van der Waals surface area contributed by atoms with Crippen LogP contribution < -0.4 is 5.32 Å². The normalized spacial score (nSPS) is 11.2. The first kappa shape index (κ1) is 12.4. The lowest BCUT2D eigenvalue weighted by Crippen LogP contribution is -2.15. The summed E-state index contributed by atoms with van der Waals surface area (Å²) in [6.45, 7) is 6.57. The summed E-state index contributed by atoms with van der Waals surface area (Å²) >= 11 is 0. The average Bonchev–Trinajstić information content (AvgIpc) is 2.16. The average molecular weight is 223 g/mol. The van der Waals surface area contributed by atoms with Gasteiger partial charge in [-0.15, -0.1) is 0 Å². The molecule has 0 fully saturated rings. The Balaban J connectivity index is 2.64. The van der Waals surface area contributed by atoms with Gasteiger partial charge in [-0.1, -0.05) is 20.8 Å². The number of carboxylic acids is 1. The van der Waals surface area contributed by atoms with Gasteiger partial charge in [0.2, 0.25) is 0 Å². The third kappa shape index (κ3) is 3.84. The van der Waals surface area contributed by atoms with E-state index in [9.17, 15) is 4.79 Å². The standard InChI is InChI=1S/C11H17N3O2/c1-11(2,3)8-6-9(14-7-13-8)12-5-4-10(15)16/h6-7H,4-5H2,1-3H3,(H,15,16)(H,12,13,14). The highest BCUT2D eigenvalue weighted by Crippen LogP contribution is 2.20. The van der Waals surface area contributed by atoms with Crippen molar-refractivity contribution in [2.75, 3.05) is 11.9 Å².